The highest BCUT2D eigenvalue weighted by Crippen LogP contribution is 2.35. The van der Waals surface area contributed by atoms with Gasteiger partial charge in [-0.25, -0.2) is 9.59 Å². The third-order valence-electron chi connectivity index (χ3n) is 6.42. The molecule has 6 rings (SSSR count). The number of carboxylic acid groups (broad SMARTS) is 1. The molecule has 0 amide bonds. The number of hydrogen-bond acceptors (Lipinski definition) is 5. The Morgan fingerprint density at radius 1 is 0.575 bits per heavy atom. The van der Waals surface area contributed by atoms with Gasteiger partial charge in [0.25, 0.3) is 0 Å². The molecule has 0 bridgehead atoms. The van der Waals surface area contributed by atoms with E-state index in [9.17, 15) is 9.59 Å². The van der Waals surface area contributed by atoms with Crippen LogP contribution in [0.2, 0.25) is 0 Å². The quantitative estimate of drug-likeness (QED) is 0.171. The van der Waals surface area contributed by atoms with Gasteiger partial charge in [-0.05, 0) is 40.6 Å². The fraction of sp³-hybridized carbons (Fsp3) is 0.118. The van der Waals surface area contributed by atoms with Crippen LogP contribution in [0.25, 0.3) is 43.1 Å². The summed E-state index contributed by atoms with van der Waals surface area (Å²) in [6.45, 7) is 1.73. The molecule has 0 aliphatic heterocycles. The van der Waals surface area contributed by atoms with Crippen molar-refractivity contribution in [2.75, 3.05) is 19.8 Å². The molecule has 0 atom stereocenters. The average Bonchev–Trinajstić information content (AvgIpc) is 2.98. The summed E-state index contributed by atoms with van der Waals surface area (Å²) in [5.74, 6) is 0.0411. The lowest BCUT2D eigenvalue weighted by molar-refractivity contribution is -0.145. The highest BCUT2D eigenvalue weighted by molar-refractivity contribution is 6.06. The van der Waals surface area contributed by atoms with Gasteiger partial charge in [0.05, 0.1) is 6.61 Å². The maximum absolute atomic E-state index is 11.5. The Kier molecular flexibility index (Phi) is 8.07. The van der Waals surface area contributed by atoms with Crippen molar-refractivity contribution in [3.05, 3.63) is 109 Å². The van der Waals surface area contributed by atoms with Gasteiger partial charge in [0.2, 0.25) is 0 Å². The van der Waals surface area contributed by atoms with Gasteiger partial charge in [-0.1, -0.05) is 97.1 Å². The molecule has 0 spiro atoms. The number of esters is 1. The third kappa shape index (κ3) is 5.81. The second-order valence-corrected chi connectivity index (χ2v) is 9.07. The van der Waals surface area contributed by atoms with Crippen LogP contribution in [0, 0.1) is 0 Å². The molecule has 0 aromatic heterocycles. The summed E-state index contributed by atoms with van der Waals surface area (Å²) in [6.07, 6.45) is 0. The SMILES string of the molecule is CCOC(=O)COc1c2ccccc2cc2ccccc12.O=C(O)COc1c2ccccc2cc2ccccc12. The molecule has 0 unspecified atom stereocenters. The lowest BCUT2D eigenvalue weighted by Gasteiger charge is -2.12. The topological polar surface area (TPSA) is 82.1 Å². The smallest absolute Gasteiger partial charge is 0.344 e. The zero-order valence-corrected chi connectivity index (χ0v) is 22.0. The molecule has 0 saturated carbocycles. The van der Waals surface area contributed by atoms with Crippen LogP contribution in [0.5, 0.6) is 11.5 Å². The van der Waals surface area contributed by atoms with Crippen LogP contribution in [0.3, 0.4) is 0 Å². The molecule has 0 aliphatic carbocycles. The predicted molar refractivity (Wildman–Crippen MR) is 158 cm³/mol. The Balaban J connectivity index is 0.000000162. The summed E-state index contributed by atoms with van der Waals surface area (Å²) < 4.78 is 16.2. The van der Waals surface area contributed by atoms with Gasteiger partial charge in [0.15, 0.2) is 13.2 Å². The standard InChI is InChI=1S/C18H16O3.C16H12O3/c1-2-20-17(19)12-21-18-15-9-5-3-7-13(15)11-14-8-4-6-10-16(14)18;17-15(18)10-19-16-13-7-3-1-5-11(13)9-12-6-2-4-8-14(12)16/h3-11H,2,12H2,1H3;1-9H,10H2,(H,17,18). The Morgan fingerprint density at radius 2 is 0.925 bits per heavy atom. The summed E-state index contributed by atoms with van der Waals surface area (Å²) in [5, 5.41) is 16.9. The maximum atomic E-state index is 11.5. The fourth-order valence-corrected chi connectivity index (χ4v) is 4.72. The molecule has 0 heterocycles. The van der Waals surface area contributed by atoms with E-state index < -0.39 is 5.97 Å². The van der Waals surface area contributed by atoms with Crippen molar-refractivity contribution in [3.63, 3.8) is 0 Å². The summed E-state index contributed by atoms with van der Waals surface area (Å²) >= 11 is 0. The summed E-state index contributed by atoms with van der Waals surface area (Å²) in [7, 11) is 0. The molecule has 0 radical (unpaired) electrons. The molecule has 6 aromatic rings. The van der Waals surface area contributed by atoms with Gasteiger partial charge in [0, 0.05) is 21.5 Å². The summed E-state index contributed by atoms with van der Waals surface area (Å²) in [5.41, 5.74) is 0. The van der Waals surface area contributed by atoms with Crippen molar-refractivity contribution < 1.29 is 28.9 Å². The van der Waals surface area contributed by atoms with E-state index in [0.717, 1.165) is 48.8 Å². The van der Waals surface area contributed by atoms with E-state index in [2.05, 4.69) is 12.1 Å². The minimum atomic E-state index is -0.975. The van der Waals surface area contributed by atoms with Gasteiger partial charge >= 0.3 is 11.9 Å². The number of aliphatic carboxylic acids is 1. The van der Waals surface area contributed by atoms with Crippen molar-refractivity contribution in [3.8, 4) is 11.5 Å². The van der Waals surface area contributed by atoms with Crippen LogP contribution in [0.15, 0.2) is 109 Å². The van der Waals surface area contributed by atoms with Crippen molar-refractivity contribution >= 4 is 55.0 Å². The van der Waals surface area contributed by atoms with Gasteiger partial charge in [-0.2, -0.15) is 0 Å². The van der Waals surface area contributed by atoms with E-state index in [1.54, 1.807) is 6.92 Å². The number of carbonyl (C=O) groups is 2. The first-order chi connectivity index (χ1) is 19.5. The van der Waals surface area contributed by atoms with E-state index >= 15 is 0 Å². The van der Waals surface area contributed by atoms with Crippen molar-refractivity contribution in [1.29, 1.82) is 0 Å². The molecule has 6 nitrogen and oxygen atoms in total. The van der Waals surface area contributed by atoms with Crippen LogP contribution in [0.4, 0.5) is 0 Å². The van der Waals surface area contributed by atoms with Gasteiger partial charge in [-0.3, -0.25) is 0 Å². The minimum absolute atomic E-state index is 0.0775. The molecule has 200 valence electrons. The normalized spacial score (nSPS) is 10.7. The molecular weight excluding hydrogens is 504 g/mol. The molecule has 1 N–H and O–H groups in total. The number of benzene rings is 6. The molecule has 40 heavy (non-hydrogen) atoms. The third-order valence-corrected chi connectivity index (χ3v) is 6.42. The van der Waals surface area contributed by atoms with E-state index in [-0.39, 0.29) is 19.2 Å². The van der Waals surface area contributed by atoms with Crippen molar-refractivity contribution in [2.45, 2.75) is 6.92 Å². The van der Waals surface area contributed by atoms with Crippen LogP contribution in [0.1, 0.15) is 6.92 Å². The fourth-order valence-electron chi connectivity index (χ4n) is 4.72. The molecule has 6 aromatic carbocycles. The Morgan fingerprint density at radius 3 is 1.27 bits per heavy atom. The zero-order valence-electron chi connectivity index (χ0n) is 22.0. The lowest BCUT2D eigenvalue weighted by Crippen LogP contribution is -2.14. The van der Waals surface area contributed by atoms with Crippen LogP contribution >= 0.6 is 0 Å². The second-order valence-electron chi connectivity index (χ2n) is 9.07. The van der Waals surface area contributed by atoms with E-state index in [1.165, 1.54) is 0 Å². The Labute approximate surface area is 231 Å². The number of hydrogen-bond donors (Lipinski definition) is 1. The van der Waals surface area contributed by atoms with Crippen LogP contribution in [-0.2, 0) is 14.3 Å². The second kappa shape index (κ2) is 12.2. The summed E-state index contributed by atoms with van der Waals surface area (Å²) in [4.78, 5) is 22.3. The molecule has 0 aliphatic rings. The Hall–Kier alpha value is -5.10. The van der Waals surface area contributed by atoms with Gasteiger partial charge < -0.3 is 19.3 Å². The average molecular weight is 533 g/mol. The molecule has 0 fully saturated rings. The maximum Gasteiger partial charge on any atom is 0.344 e. The number of ether oxygens (including phenoxy) is 3. The van der Waals surface area contributed by atoms with E-state index in [1.807, 2.05) is 97.1 Å². The summed E-state index contributed by atoms with van der Waals surface area (Å²) in [6, 6.07) is 35.8. The molecule has 0 saturated heterocycles. The number of carboxylic acids is 1. The van der Waals surface area contributed by atoms with E-state index in [0.29, 0.717) is 12.4 Å². The number of rotatable bonds is 7. The van der Waals surface area contributed by atoms with Crippen LogP contribution < -0.4 is 9.47 Å². The number of fused-ring (bicyclic) bond motifs is 4. The first-order valence-electron chi connectivity index (χ1n) is 13.0. The lowest BCUT2D eigenvalue weighted by atomic mass is 10.0. The minimum Gasteiger partial charge on any atom is -0.481 e. The predicted octanol–water partition coefficient (Wildman–Crippen LogP) is 7.39. The highest BCUT2D eigenvalue weighted by Gasteiger charge is 2.11. The zero-order chi connectivity index (χ0) is 27.9. The molecular formula is C34H28O6. The first kappa shape index (κ1) is 26.5. The van der Waals surface area contributed by atoms with Crippen molar-refractivity contribution in [2.24, 2.45) is 0 Å². The highest BCUT2D eigenvalue weighted by atomic mass is 16.6. The number of carbonyl (C=O) groups excluding carboxylic acids is 1. The van der Waals surface area contributed by atoms with Gasteiger partial charge in [0.1, 0.15) is 11.5 Å². The van der Waals surface area contributed by atoms with Crippen molar-refractivity contribution in [1.82, 2.24) is 0 Å². The van der Waals surface area contributed by atoms with Crippen LogP contribution in [-0.4, -0.2) is 36.9 Å². The molecule has 6 heteroatoms. The Bertz CT molecular complexity index is 1720. The first-order valence-corrected chi connectivity index (χ1v) is 13.0. The van der Waals surface area contributed by atoms with Gasteiger partial charge in [-0.15, -0.1) is 0 Å². The van der Waals surface area contributed by atoms with E-state index in [4.69, 9.17) is 19.3 Å². The monoisotopic (exact) mass is 532 g/mol. The largest absolute Gasteiger partial charge is 0.481 e.